The number of rotatable bonds is 1. The molecule has 4 amide bonds. The third-order valence-electron chi connectivity index (χ3n) is 2.93. The van der Waals surface area contributed by atoms with Crippen LogP contribution in [0.4, 0.5) is 10.5 Å². The Kier molecular flexibility index (Phi) is 3.22. The van der Waals surface area contributed by atoms with E-state index in [4.69, 9.17) is 0 Å². The number of anilines is 1. The summed E-state index contributed by atoms with van der Waals surface area (Å²) in [5, 5.41) is 4.06. The SMILES string of the molecule is O=C1NC(=O)C(=C2SC(=O)CN2c2ccccc2)C(=O)N1. The van der Waals surface area contributed by atoms with Gasteiger partial charge in [-0.25, -0.2) is 4.79 Å². The maximum Gasteiger partial charge on any atom is 0.328 e. The van der Waals surface area contributed by atoms with Gasteiger partial charge in [-0.2, -0.15) is 0 Å². The number of nitrogens with zero attached hydrogens (tertiary/aromatic N) is 1. The summed E-state index contributed by atoms with van der Waals surface area (Å²) in [6, 6.07) is 8.06. The number of carbonyl (C=O) groups is 4. The quantitative estimate of drug-likeness (QED) is 0.574. The molecule has 1 aromatic rings. The predicted molar refractivity (Wildman–Crippen MR) is 75.1 cm³/mol. The Morgan fingerprint density at radius 1 is 0.952 bits per heavy atom. The minimum Gasteiger partial charge on any atom is -0.327 e. The van der Waals surface area contributed by atoms with Crippen LogP contribution >= 0.6 is 11.8 Å². The number of thioether (sulfide) groups is 1. The summed E-state index contributed by atoms with van der Waals surface area (Å²) in [5.41, 5.74) is 0.463. The Labute approximate surface area is 123 Å². The van der Waals surface area contributed by atoms with Gasteiger partial charge in [-0.05, 0) is 23.9 Å². The van der Waals surface area contributed by atoms with Crippen LogP contribution in [0.1, 0.15) is 0 Å². The highest BCUT2D eigenvalue weighted by molar-refractivity contribution is 8.17. The molecule has 2 heterocycles. The molecule has 3 rings (SSSR count). The highest BCUT2D eigenvalue weighted by Gasteiger charge is 2.38. The van der Waals surface area contributed by atoms with Crippen LogP contribution in [0.2, 0.25) is 0 Å². The van der Waals surface area contributed by atoms with Gasteiger partial charge in [-0.3, -0.25) is 25.0 Å². The molecule has 106 valence electrons. The van der Waals surface area contributed by atoms with E-state index in [2.05, 4.69) is 0 Å². The largest absolute Gasteiger partial charge is 0.328 e. The summed E-state index contributed by atoms with van der Waals surface area (Å²) in [6.45, 7) is 0.0576. The van der Waals surface area contributed by atoms with Gasteiger partial charge in [0, 0.05) is 5.69 Å². The first-order valence-corrected chi connectivity index (χ1v) is 6.82. The smallest absolute Gasteiger partial charge is 0.327 e. The summed E-state index contributed by atoms with van der Waals surface area (Å²) in [6.07, 6.45) is 0. The molecule has 0 bridgehead atoms. The number of amides is 4. The maximum atomic E-state index is 11.9. The van der Waals surface area contributed by atoms with E-state index in [-0.39, 0.29) is 22.3 Å². The van der Waals surface area contributed by atoms with Crippen molar-refractivity contribution in [2.45, 2.75) is 0 Å². The average molecular weight is 303 g/mol. The molecule has 1 aromatic carbocycles. The lowest BCUT2D eigenvalue weighted by atomic mass is 10.2. The zero-order valence-corrected chi connectivity index (χ0v) is 11.4. The van der Waals surface area contributed by atoms with Gasteiger partial charge in [-0.1, -0.05) is 18.2 Å². The first-order valence-electron chi connectivity index (χ1n) is 6.00. The van der Waals surface area contributed by atoms with Crippen molar-refractivity contribution in [3.63, 3.8) is 0 Å². The average Bonchev–Trinajstić information content (AvgIpc) is 2.80. The number of benzene rings is 1. The molecule has 7 nitrogen and oxygen atoms in total. The monoisotopic (exact) mass is 303 g/mol. The Hall–Kier alpha value is -2.61. The summed E-state index contributed by atoms with van der Waals surface area (Å²) in [4.78, 5) is 48.1. The Balaban J connectivity index is 2.08. The molecule has 0 aromatic heterocycles. The van der Waals surface area contributed by atoms with E-state index in [1.165, 1.54) is 0 Å². The minimum absolute atomic E-state index is 0.0576. The lowest BCUT2D eigenvalue weighted by Crippen LogP contribution is -2.52. The molecule has 2 saturated heterocycles. The van der Waals surface area contributed by atoms with E-state index < -0.39 is 17.8 Å². The summed E-state index contributed by atoms with van der Waals surface area (Å²) >= 11 is 0.817. The standard InChI is InChI=1S/C13H9N3O4S/c17-8-6-16(7-4-2-1-3-5-7)12(21-8)9-10(18)14-13(20)15-11(9)19/h1-5H,6H2,(H2,14,15,18,19,20). The third kappa shape index (κ3) is 2.40. The van der Waals surface area contributed by atoms with Crippen molar-refractivity contribution in [2.24, 2.45) is 0 Å². The molecule has 0 aliphatic carbocycles. The summed E-state index contributed by atoms with van der Waals surface area (Å²) in [7, 11) is 0. The van der Waals surface area contributed by atoms with E-state index in [1.807, 2.05) is 16.7 Å². The zero-order valence-electron chi connectivity index (χ0n) is 10.6. The summed E-state index contributed by atoms with van der Waals surface area (Å²) in [5.74, 6) is -1.61. The van der Waals surface area contributed by atoms with Crippen LogP contribution in [0.15, 0.2) is 40.9 Å². The fourth-order valence-corrected chi connectivity index (χ4v) is 3.04. The number of hydrogen-bond donors (Lipinski definition) is 2. The first-order chi connectivity index (χ1) is 10.1. The Morgan fingerprint density at radius 2 is 1.57 bits per heavy atom. The topological polar surface area (TPSA) is 95.6 Å². The van der Waals surface area contributed by atoms with Crippen LogP contribution in [0, 0.1) is 0 Å². The van der Waals surface area contributed by atoms with Crippen molar-refractivity contribution in [1.82, 2.24) is 10.6 Å². The number of nitrogens with one attached hydrogen (secondary N) is 2. The molecule has 0 saturated carbocycles. The summed E-state index contributed by atoms with van der Waals surface area (Å²) < 4.78 is 0. The molecule has 2 N–H and O–H groups in total. The third-order valence-corrected chi connectivity index (χ3v) is 3.91. The molecule has 21 heavy (non-hydrogen) atoms. The molecule has 0 spiro atoms. The van der Waals surface area contributed by atoms with E-state index >= 15 is 0 Å². The molecule has 2 fully saturated rings. The second kappa shape index (κ2) is 5.06. The highest BCUT2D eigenvalue weighted by Crippen LogP contribution is 2.36. The number of barbiturate groups is 1. The molecule has 2 aliphatic heterocycles. The lowest BCUT2D eigenvalue weighted by Gasteiger charge is -2.22. The number of imide groups is 2. The van der Waals surface area contributed by atoms with Crippen LogP contribution in [-0.4, -0.2) is 29.5 Å². The van der Waals surface area contributed by atoms with Crippen molar-refractivity contribution in [3.05, 3.63) is 40.9 Å². The van der Waals surface area contributed by atoms with Crippen LogP contribution in [0.5, 0.6) is 0 Å². The van der Waals surface area contributed by atoms with Gasteiger partial charge >= 0.3 is 6.03 Å². The maximum absolute atomic E-state index is 11.9. The number of para-hydroxylation sites is 1. The van der Waals surface area contributed by atoms with E-state index in [1.54, 1.807) is 29.2 Å². The minimum atomic E-state index is -0.866. The van der Waals surface area contributed by atoms with E-state index in [0.29, 0.717) is 5.69 Å². The second-order valence-corrected chi connectivity index (χ2v) is 5.36. The number of urea groups is 1. The molecular formula is C13H9N3O4S. The van der Waals surface area contributed by atoms with Crippen molar-refractivity contribution in [1.29, 1.82) is 0 Å². The van der Waals surface area contributed by atoms with E-state index in [9.17, 15) is 19.2 Å². The van der Waals surface area contributed by atoms with E-state index in [0.717, 1.165) is 11.8 Å². The van der Waals surface area contributed by atoms with Gasteiger partial charge in [-0.15, -0.1) is 0 Å². The van der Waals surface area contributed by atoms with Crippen molar-refractivity contribution >= 4 is 40.4 Å². The highest BCUT2D eigenvalue weighted by atomic mass is 32.2. The van der Waals surface area contributed by atoms with Crippen LogP contribution < -0.4 is 15.5 Å². The molecule has 0 unspecified atom stereocenters. The molecular weight excluding hydrogens is 294 g/mol. The van der Waals surface area contributed by atoms with Gasteiger partial charge in [0.15, 0.2) is 0 Å². The van der Waals surface area contributed by atoms with Crippen LogP contribution in [0.25, 0.3) is 0 Å². The zero-order chi connectivity index (χ0) is 15.0. The van der Waals surface area contributed by atoms with Gasteiger partial charge in [0.25, 0.3) is 11.8 Å². The van der Waals surface area contributed by atoms with Crippen molar-refractivity contribution in [2.75, 3.05) is 11.4 Å². The molecule has 0 atom stereocenters. The molecule has 2 aliphatic rings. The first kappa shape index (κ1) is 13.4. The fourth-order valence-electron chi connectivity index (χ4n) is 2.06. The number of carbonyl (C=O) groups excluding carboxylic acids is 4. The van der Waals surface area contributed by atoms with Gasteiger partial charge in [0.05, 0.1) is 6.54 Å². The Morgan fingerprint density at radius 3 is 2.19 bits per heavy atom. The predicted octanol–water partition coefficient (Wildman–Crippen LogP) is 0.344. The van der Waals surface area contributed by atoms with Crippen LogP contribution in [0.3, 0.4) is 0 Å². The second-order valence-electron chi connectivity index (χ2n) is 4.31. The van der Waals surface area contributed by atoms with Gasteiger partial charge in [0.2, 0.25) is 5.12 Å². The van der Waals surface area contributed by atoms with Gasteiger partial charge in [0.1, 0.15) is 10.6 Å². The normalized spacial score (nSPS) is 19.0. The molecule has 0 radical (unpaired) electrons. The van der Waals surface area contributed by atoms with Crippen molar-refractivity contribution in [3.8, 4) is 0 Å². The van der Waals surface area contributed by atoms with Crippen molar-refractivity contribution < 1.29 is 19.2 Å². The lowest BCUT2D eigenvalue weighted by molar-refractivity contribution is -0.124. The van der Waals surface area contributed by atoms with Gasteiger partial charge < -0.3 is 4.90 Å². The molecule has 8 heteroatoms. The fraction of sp³-hybridized carbons (Fsp3) is 0.0769. The number of hydrogen-bond acceptors (Lipinski definition) is 6. The van der Waals surface area contributed by atoms with Crippen LogP contribution in [-0.2, 0) is 14.4 Å². The Bertz CT molecular complexity index is 677.